The van der Waals surface area contributed by atoms with Gasteiger partial charge in [-0.25, -0.2) is 0 Å². The predicted molar refractivity (Wildman–Crippen MR) is 223 cm³/mol. The summed E-state index contributed by atoms with van der Waals surface area (Å²) in [6.45, 7) is 28.1. The summed E-state index contributed by atoms with van der Waals surface area (Å²) in [5.74, 6) is -2.16. The van der Waals surface area contributed by atoms with Gasteiger partial charge in [0.25, 0.3) is 0 Å². The first-order valence-electron chi connectivity index (χ1n) is 22.2. The van der Waals surface area contributed by atoms with Crippen molar-refractivity contribution >= 4 is 5.97 Å². The SMILES string of the molecule is C=C1CC[C@@H]2[C@@H](C)CN(CCC)[C@H](C)C[C@@](C)(OC1)[C@H](O[C@@H]1O[C@H](C)C[C@H](N(C)C)[C@H]1O)[C@@H](C)[C@H](O[C@H]1C[C@@](C)(OC)[C@@H](O)[C@H](C)O1)[C@@H](C)C(=O)O[C@H](CC)[C@@]2(C)O. The number of aliphatic hydroxyl groups is 3. The summed E-state index contributed by atoms with van der Waals surface area (Å²) in [5.41, 5.74) is -2.47. The van der Waals surface area contributed by atoms with E-state index in [1.807, 2.05) is 53.6 Å². The number of likely N-dealkylation sites (N-methyl/N-ethyl adjacent to an activating group) is 1. The van der Waals surface area contributed by atoms with Gasteiger partial charge in [0.15, 0.2) is 12.6 Å². The summed E-state index contributed by atoms with van der Waals surface area (Å²) in [7, 11) is 5.45. The topological polar surface area (TPSA) is 149 Å². The lowest BCUT2D eigenvalue weighted by Gasteiger charge is -2.50. The quantitative estimate of drug-likeness (QED) is 0.204. The zero-order valence-corrected chi connectivity index (χ0v) is 38.4. The average Bonchev–Trinajstić information content (AvgIpc) is 3.15. The van der Waals surface area contributed by atoms with Gasteiger partial charge in [0.2, 0.25) is 0 Å². The molecular weight excluding hydrogens is 744 g/mol. The van der Waals surface area contributed by atoms with Crippen LogP contribution in [0.15, 0.2) is 12.2 Å². The highest BCUT2D eigenvalue weighted by atomic mass is 16.7. The third-order valence-corrected chi connectivity index (χ3v) is 14.3. The van der Waals surface area contributed by atoms with Crippen LogP contribution in [-0.4, -0.2) is 156 Å². The van der Waals surface area contributed by atoms with Crippen molar-refractivity contribution in [2.24, 2.45) is 23.7 Å². The number of hydrogen-bond acceptors (Lipinski definition) is 13. The highest BCUT2D eigenvalue weighted by Gasteiger charge is 2.54. The molecule has 18 atom stereocenters. The van der Waals surface area contributed by atoms with Crippen LogP contribution < -0.4 is 0 Å². The van der Waals surface area contributed by atoms with Gasteiger partial charge in [-0.15, -0.1) is 0 Å². The van der Waals surface area contributed by atoms with Gasteiger partial charge < -0.3 is 58.3 Å². The molecule has 338 valence electrons. The molecule has 0 spiro atoms. The second-order valence-electron chi connectivity index (χ2n) is 19.4. The van der Waals surface area contributed by atoms with Crippen LogP contribution in [0.5, 0.6) is 0 Å². The van der Waals surface area contributed by atoms with E-state index in [0.717, 1.165) is 25.1 Å². The minimum absolute atomic E-state index is 0.00263. The number of esters is 1. The molecule has 0 aromatic rings. The Hall–Kier alpha value is -1.23. The van der Waals surface area contributed by atoms with E-state index in [1.165, 1.54) is 0 Å². The van der Waals surface area contributed by atoms with Crippen molar-refractivity contribution in [2.75, 3.05) is 40.9 Å². The molecule has 13 heteroatoms. The molecule has 13 nitrogen and oxygen atoms in total. The molecule has 0 aromatic heterocycles. The number of hydrogen-bond donors (Lipinski definition) is 3. The van der Waals surface area contributed by atoms with E-state index < -0.39 is 83.8 Å². The Labute approximate surface area is 350 Å². The van der Waals surface area contributed by atoms with Crippen LogP contribution in [0.25, 0.3) is 0 Å². The number of methoxy groups -OCH3 is 1. The van der Waals surface area contributed by atoms with E-state index >= 15 is 0 Å². The molecule has 0 radical (unpaired) electrons. The first-order chi connectivity index (χ1) is 27.0. The number of carbonyl (C=O) groups is 1. The minimum Gasteiger partial charge on any atom is -0.459 e. The Kier molecular flexibility index (Phi) is 17.3. The molecule has 0 aromatic carbocycles. The molecular formula is C45H82N2O11. The normalized spacial score (nSPS) is 47.1. The second kappa shape index (κ2) is 20.3. The molecule has 58 heavy (non-hydrogen) atoms. The molecule has 5 aliphatic rings. The molecule has 2 bridgehead atoms. The molecule has 5 saturated heterocycles. The lowest BCUT2D eigenvalue weighted by Crippen LogP contribution is -2.61. The number of nitrogens with zero attached hydrogens (tertiary/aromatic N) is 2. The van der Waals surface area contributed by atoms with Crippen molar-refractivity contribution in [1.29, 1.82) is 0 Å². The zero-order chi connectivity index (χ0) is 43.5. The molecule has 0 unspecified atom stereocenters. The number of aliphatic hydroxyl groups excluding tert-OH is 2. The summed E-state index contributed by atoms with van der Waals surface area (Å²) in [6, 6.07) is -0.220. The zero-order valence-electron chi connectivity index (χ0n) is 38.4. The van der Waals surface area contributed by atoms with E-state index in [0.29, 0.717) is 32.1 Å². The number of carbonyl (C=O) groups excluding carboxylic acids is 1. The molecule has 0 aliphatic carbocycles. The van der Waals surface area contributed by atoms with Crippen molar-refractivity contribution < 1.29 is 53.3 Å². The Morgan fingerprint density at radius 1 is 1.00 bits per heavy atom. The van der Waals surface area contributed by atoms with Crippen LogP contribution in [0.2, 0.25) is 0 Å². The first kappa shape index (κ1) is 49.4. The fraction of sp³-hybridized carbons (Fsp3) is 0.933. The fourth-order valence-electron chi connectivity index (χ4n) is 10.6. The molecule has 0 amide bonds. The smallest absolute Gasteiger partial charge is 0.311 e. The van der Waals surface area contributed by atoms with Crippen molar-refractivity contribution in [3.05, 3.63) is 12.2 Å². The minimum atomic E-state index is -1.36. The van der Waals surface area contributed by atoms with E-state index in [9.17, 15) is 20.1 Å². The summed E-state index contributed by atoms with van der Waals surface area (Å²) in [6.07, 6.45) is -3.14. The molecule has 5 heterocycles. The van der Waals surface area contributed by atoms with Gasteiger partial charge in [0, 0.05) is 38.1 Å². The molecule has 3 N–H and O–H groups in total. The molecule has 5 aliphatic heterocycles. The van der Waals surface area contributed by atoms with Gasteiger partial charge in [-0.1, -0.05) is 39.8 Å². The van der Waals surface area contributed by atoms with E-state index in [1.54, 1.807) is 21.0 Å². The predicted octanol–water partition coefficient (Wildman–Crippen LogP) is 5.31. The Morgan fingerprint density at radius 2 is 1.67 bits per heavy atom. The van der Waals surface area contributed by atoms with Crippen LogP contribution in [0.4, 0.5) is 0 Å². The van der Waals surface area contributed by atoms with Crippen LogP contribution in [0.3, 0.4) is 0 Å². The van der Waals surface area contributed by atoms with Crippen LogP contribution in [0.1, 0.15) is 121 Å². The third-order valence-electron chi connectivity index (χ3n) is 14.3. The highest BCUT2D eigenvalue weighted by Crippen LogP contribution is 2.43. The largest absolute Gasteiger partial charge is 0.459 e. The van der Waals surface area contributed by atoms with Gasteiger partial charge in [-0.2, -0.15) is 0 Å². The van der Waals surface area contributed by atoms with Crippen LogP contribution >= 0.6 is 0 Å². The van der Waals surface area contributed by atoms with Crippen molar-refractivity contribution in [3.8, 4) is 0 Å². The Morgan fingerprint density at radius 3 is 2.28 bits per heavy atom. The van der Waals surface area contributed by atoms with Crippen LogP contribution in [-0.2, 0) is 38.0 Å². The Bertz CT molecular complexity index is 1340. The highest BCUT2D eigenvalue weighted by molar-refractivity contribution is 5.73. The summed E-state index contributed by atoms with van der Waals surface area (Å²) < 4.78 is 46.3. The maximum atomic E-state index is 14.7. The second-order valence-corrected chi connectivity index (χ2v) is 19.4. The number of rotatable bonds is 9. The molecule has 0 saturated carbocycles. The van der Waals surface area contributed by atoms with Crippen molar-refractivity contribution in [3.63, 3.8) is 0 Å². The van der Waals surface area contributed by atoms with Gasteiger partial charge in [-0.05, 0) is 119 Å². The summed E-state index contributed by atoms with van der Waals surface area (Å²) in [4.78, 5) is 19.2. The molecule has 5 fully saturated rings. The number of ether oxygens (including phenoxy) is 7. The Balaban J connectivity index is 1.97. The standard InChI is InChI=1S/C45H82N2O11/c1-16-20-47-24-27(4)33-19-18-26(3)25-53-44(11,22-28(47)5)40(58-42-37(48)34(46(13)14)21-29(6)54-42)30(7)38(31(8)41(50)56-35(17-2)45(33,12)51)57-36-23-43(10,52-15)39(49)32(9)55-36/h27-40,42,48-49,51H,3,16-25H2,1-2,4-15H3/t27-,28+,29+,30-,31+,32-,33+,34-,35+,36-,37+,38-,39-,40+,42-,43+,44+,45-/m0/s1. The van der Waals surface area contributed by atoms with Gasteiger partial charge in [-0.3, -0.25) is 4.79 Å². The molecule has 5 rings (SSSR count). The monoisotopic (exact) mass is 827 g/mol. The first-order valence-corrected chi connectivity index (χ1v) is 22.2. The summed E-state index contributed by atoms with van der Waals surface area (Å²) in [5, 5.41) is 35.6. The lowest BCUT2D eigenvalue weighted by atomic mass is 9.72. The third kappa shape index (κ3) is 11.0. The number of fused-ring (bicyclic) bond motifs is 15. The van der Waals surface area contributed by atoms with Crippen molar-refractivity contribution in [2.45, 2.75) is 205 Å². The van der Waals surface area contributed by atoms with E-state index in [4.69, 9.17) is 33.2 Å². The maximum Gasteiger partial charge on any atom is 0.311 e. The van der Waals surface area contributed by atoms with Crippen LogP contribution in [0, 0.1) is 23.7 Å². The average molecular weight is 827 g/mol. The lowest BCUT2D eigenvalue weighted by molar-refractivity contribution is -0.320. The van der Waals surface area contributed by atoms with E-state index in [2.05, 4.69) is 39.2 Å². The van der Waals surface area contributed by atoms with Gasteiger partial charge in [0.1, 0.15) is 23.9 Å². The fourth-order valence-corrected chi connectivity index (χ4v) is 10.6. The van der Waals surface area contributed by atoms with Gasteiger partial charge >= 0.3 is 5.97 Å². The summed E-state index contributed by atoms with van der Waals surface area (Å²) >= 11 is 0. The van der Waals surface area contributed by atoms with Gasteiger partial charge in [0.05, 0.1) is 48.1 Å². The maximum absolute atomic E-state index is 14.7. The van der Waals surface area contributed by atoms with Crippen molar-refractivity contribution in [1.82, 2.24) is 9.80 Å². The van der Waals surface area contributed by atoms with E-state index in [-0.39, 0.29) is 43.1 Å².